The lowest BCUT2D eigenvalue weighted by molar-refractivity contribution is -0.133. The molecule has 0 bridgehead atoms. The van der Waals surface area contributed by atoms with Gasteiger partial charge >= 0.3 is 0 Å². The molecular formula is C29H36N2O9. The first kappa shape index (κ1) is 28.9. The summed E-state index contributed by atoms with van der Waals surface area (Å²) in [6, 6.07) is 6.48. The highest BCUT2D eigenvalue weighted by Crippen LogP contribution is 2.39. The number of ether oxygens (including phenoxy) is 7. The minimum absolute atomic E-state index is 0.117. The zero-order chi connectivity index (χ0) is 28.8. The molecule has 1 fully saturated rings. The molecule has 2 aliphatic heterocycles. The Balaban J connectivity index is 1.57. The maximum Gasteiger partial charge on any atom is 0.254 e. The Morgan fingerprint density at radius 3 is 2.08 bits per heavy atom. The first-order valence-electron chi connectivity index (χ1n) is 12.9. The highest BCUT2D eigenvalue weighted by atomic mass is 16.5. The van der Waals surface area contributed by atoms with Crippen LogP contribution in [-0.4, -0.2) is 103 Å². The summed E-state index contributed by atoms with van der Waals surface area (Å²) in [5, 5.41) is 0. The quantitative estimate of drug-likeness (QED) is 0.461. The van der Waals surface area contributed by atoms with Gasteiger partial charge in [0, 0.05) is 55.9 Å². The molecule has 1 atom stereocenters. The van der Waals surface area contributed by atoms with E-state index in [2.05, 4.69) is 0 Å². The highest BCUT2D eigenvalue weighted by Gasteiger charge is 2.35. The molecule has 4 rings (SSSR count). The van der Waals surface area contributed by atoms with Crippen LogP contribution >= 0.6 is 0 Å². The zero-order valence-corrected chi connectivity index (χ0v) is 23.8. The summed E-state index contributed by atoms with van der Waals surface area (Å²) in [5.74, 6) is 2.59. The van der Waals surface area contributed by atoms with Crippen LogP contribution in [0.4, 0.5) is 0 Å². The largest absolute Gasteiger partial charge is 0.493 e. The molecule has 2 aromatic carbocycles. The Bertz CT molecular complexity index is 1250. The first-order valence-corrected chi connectivity index (χ1v) is 12.9. The van der Waals surface area contributed by atoms with Gasteiger partial charge in [0.1, 0.15) is 5.75 Å². The molecule has 0 aromatic heterocycles. The standard InChI is InChI=1S/C29H36N2O9/c1-34-17-21-16-30(28(32)20-13-25(37-4)27(39-6)26(14-20)38-5)8-9-31(21)29(33)18-7-10-40-22-15-24(36-3)23(35-2)12-19(22)11-18/h11-15,21H,7-10,16-17H2,1-6H3. The van der Waals surface area contributed by atoms with Crippen molar-refractivity contribution in [3.05, 3.63) is 41.0 Å². The van der Waals surface area contributed by atoms with E-state index in [1.807, 2.05) is 6.08 Å². The van der Waals surface area contributed by atoms with Crippen LogP contribution < -0.4 is 28.4 Å². The summed E-state index contributed by atoms with van der Waals surface area (Å²) in [4.78, 5) is 30.8. The van der Waals surface area contributed by atoms with E-state index in [0.717, 1.165) is 5.56 Å². The number of benzene rings is 2. The second-order valence-electron chi connectivity index (χ2n) is 9.29. The van der Waals surface area contributed by atoms with Crippen molar-refractivity contribution in [1.29, 1.82) is 0 Å². The van der Waals surface area contributed by atoms with Gasteiger partial charge in [-0.3, -0.25) is 9.59 Å². The van der Waals surface area contributed by atoms with Gasteiger partial charge in [-0.05, 0) is 24.3 Å². The van der Waals surface area contributed by atoms with E-state index in [1.165, 1.54) is 21.3 Å². The van der Waals surface area contributed by atoms with Crippen molar-refractivity contribution in [3.8, 4) is 34.5 Å². The molecule has 2 amide bonds. The van der Waals surface area contributed by atoms with Gasteiger partial charge in [0.2, 0.25) is 11.7 Å². The molecule has 0 aliphatic carbocycles. The molecule has 1 unspecified atom stereocenters. The molecule has 0 N–H and O–H groups in total. The molecule has 11 heteroatoms. The fourth-order valence-corrected chi connectivity index (χ4v) is 5.03. The van der Waals surface area contributed by atoms with Gasteiger partial charge in [0.15, 0.2) is 23.0 Å². The molecular weight excluding hydrogens is 520 g/mol. The van der Waals surface area contributed by atoms with Crippen LogP contribution in [0.2, 0.25) is 0 Å². The smallest absolute Gasteiger partial charge is 0.254 e. The summed E-state index contributed by atoms with van der Waals surface area (Å²) < 4.78 is 38.4. The number of carbonyl (C=O) groups excluding carboxylic acids is 2. The van der Waals surface area contributed by atoms with Crippen LogP contribution in [0.15, 0.2) is 29.8 Å². The Hall–Kier alpha value is -4.12. The second kappa shape index (κ2) is 12.8. The number of methoxy groups -OCH3 is 6. The fraction of sp³-hybridized carbons (Fsp3) is 0.448. The van der Waals surface area contributed by atoms with Crippen LogP contribution in [0.25, 0.3) is 6.08 Å². The molecule has 40 heavy (non-hydrogen) atoms. The molecule has 0 saturated carbocycles. The summed E-state index contributed by atoms with van der Waals surface area (Å²) in [5.41, 5.74) is 1.74. The van der Waals surface area contributed by atoms with Gasteiger partial charge in [-0.1, -0.05) is 0 Å². The average molecular weight is 557 g/mol. The lowest BCUT2D eigenvalue weighted by Gasteiger charge is -2.41. The first-order chi connectivity index (χ1) is 19.4. The Labute approximate surface area is 234 Å². The Kier molecular flexibility index (Phi) is 9.26. The van der Waals surface area contributed by atoms with Gasteiger partial charge in [0.25, 0.3) is 5.91 Å². The van der Waals surface area contributed by atoms with Crippen LogP contribution in [0.3, 0.4) is 0 Å². The number of amides is 2. The van der Waals surface area contributed by atoms with E-state index in [0.29, 0.717) is 78.3 Å². The fourth-order valence-electron chi connectivity index (χ4n) is 5.03. The molecule has 2 heterocycles. The van der Waals surface area contributed by atoms with Gasteiger partial charge in [0.05, 0.1) is 54.8 Å². The lowest BCUT2D eigenvalue weighted by atomic mass is 10.0. The van der Waals surface area contributed by atoms with Crippen LogP contribution in [0, 0.1) is 0 Å². The maximum absolute atomic E-state index is 13.8. The third kappa shape index (κ3) is 5.74. The molecule has 1 saturated heterocycles. The van der Waals surface area contributed by atoms with Crippen molar-refractivity contribution in [2.75, 3.05) is 75.5 Å². The van der Waals surface area contributed by atoms with Crippen molar-refractivity contribution >= 4 is 17.9 Å². The summed E-state index contributed by atoms with van der Waals surface area (Å²) in [6.45, 7) is 1.62. The van der Waals surface area contributed by atoms with E-state index in [1.54, 1.807) is 55.4 Å². The van der Waals surface area contributed by atoms with Crippen LogP contribution in [-0.2, 0) is 9.53 Å². The van der Waals surface area contributed by atoms with Crippen molar-refractivity contribution in [3.63, 3.8) is 0 Å². The topological polar surface area (TPSA) is 105 Å². The van der Waals surface area contributed by atoms with E-state index in [9.17, 15) is 9.59 Å². The van der Waals surface area contributed by atoms with Gasteiger partial charge < -0.3 is 43.0 Å². The van der Waals surface area contributed by atoms with E-state index < -0.39 is 0 Å². The van der Waals surface area contributed by atoms with Crippen LogP contribution in [0.5, 0.6) is 34.5 Å². The molecule has 2 aromatic rings. The van der Waals surface area contributed by atoms with Gasteiger partial charge in [-0.15, -0.1) is 0 Å². The number of hydrogen-bond acceptors (Lipinski definition) is 9. The van der Waals surface area contributed by atoms with E-state index >= 15 is 0 Å². The third-order valence-electron chi connectivity index (χ3n) is 7.05. The predicted molar refractivity (Wildman–Crippen MR) is 147 cm³/mol. The number of piperazine rings is 1. The highest BCUT2D eigenvalue weighted by molar-refractivity contribution is 5.99. The van der Waals surface area contributed by atoms with Gasteiger partial charge in [-0.2, -0.15) is 0 Å². The van der Waals surface area contributed by atoms with Crippen LogP contribution in [0.1, 0.15) is 22.3 Å². The van der Waals surface area contributed by atoms with Crippen molar-refractivity contribution in [2.45, 2.75) is 12.5 Å². The minimum atomic E-state index is -0.341. The predicted octanol–water partition coefficient (Wildman–Crippen LogP) is 2.90. The average Bonchev–Trinajstić information content (AvgIpc) is 3.20. The molecule has 216 valence electrons. The summed E-state index contributed by atoms with van der Waals surface area (Å²) >= 11 is 0. The number of hydrogen-bond donors (Lipinski definition) is 0. The third-order valence-corrected chi connectivity index (χ3v) is 7.05. The minimum Gasteiger partial charge on any atom is -0.493 e. The SMILES string of the molecule is COCC1CN(C(=O)c2cc(OC)c(OC)c(OC)c2)CCN1C(=O)C1=Cc2cc(OC)c(OC)cc2OCC1. The molecule has 0 radical (unpaired) electrons. The number of nitrogens with zero attached hydrogens (tertiary/aromatic N) is 2. The monoisotopic (exact) mass is 556 g/mol. The molecule has 11 nitrogen and oxygen atoms in total. The maximum atomic E-state index is 13.8. The molecule has 2 aliphatic rings. The summed E-state index contributed by atoms with van der Waals surface area (Å²) in [6.07, 6.45) is 2.27. The lowest BCUT2D eigenvalue weighted by Crippen LogP contribution is -2.58. The van der Waals surface area contributed by atoms with Gasteiger partial charge in [-0.25, -0.2) is 0 Å². The van der Waals surface area contributed by atoms with E-state index in [4.69, 9.17) is 33.2 Å². The van der Waals surface area contributed by atoms with Crippen molar-refractivity contribution in [1.82, 2.24) is 9.80 Å². The summed E-state index contributed by atoms with van der Waals surface area (Å²) in [7, 11) is 9.22. The van der Waals surface area contributed by atoms with E-state index in [-0.39, 0.29) is 24.5 Å². The Morgan fingerprint density at radius 2 is 1.48 bits per heavy atom. The zero-order valence-electron chi connectivity index (χ0n) is 23.8. The molecule has 0 spiro atoms. The number of rotatable bonds is 9. The Morgan fingerprint density at radius 1 is 0.825 bits per heavy atom. The number of fused-ring (bicyclic) bond motifs is 1. The normalized spacial score (nSPS) is 16.6. The second-order valence-corrected chi connectivity index (χ2v) is 9.29. The van der Waals surface area contributed by atoms with Crippen molar-refractivity contribution in [2.24, 2.45) is 0 Å². The number of carbonyl (C=O) groups is 2. The van der Waals surface area contributed by atoms with Crippen molar-refractivity contribution < 1.29 is 42.7 Å².